The Hall–Kier alpha value is -2.01. The van der Waals surface area contributed by atoms with Gasteiger partial charge in [-0.2, -0.15) is 0 Å². The minimum Gasteiger partial charge on any atom is -0.478 e. The number of carbonyl (C=O) groups is 2. The average Bonchev–Trinajstić information content (AvgIpc) is 2.49. The van der Waals surface area contributed by atoms with Gasteiger partial charge in [0.2, 0.25) is 5.91 Å². The van der Waals surface area contributed by atoms with Crippen LogP contribution in [-0.4, -0.2) is 17.0 Å². The number of nitrogens with one attached hydrogen (secondary N) is 1. The van der Waals surface area contributed by atoms with Crippen molar-refractivity contribution < 1.29 is 14.7 Å². The molecule has 7 heteroatoms. The van der Waals surface area contributed by atoms with Gasteiger partial charge in [-0.25, -0.2) is 4.79 Å². The van der Waals surface area contributed by atoms with Crippen LogP contribution in [0.15, 0.2) is 42.5 Å². The van der Waals surface area contributed by atoms with Crippen molar-refractivity contribution in [3.05, 3.63) is 68.7 Å². The lowest BCUT2D eigenvalue weighted by atomic mass is 10.2. The Kier molecular flexibility index (Phi) is 5.66. The second-order valence-electron chi connectivity index (χ2n) is 4.49. The van der Waals surface area contributed by atoms with E-state index in [0.717, 1.165) is 5.56 Å². The fourth-order valence-corrected chi connectivity index (χ4v) is 2.37. The van der Waals surface area contributed by atoms with Gasteiger partial charge >= 0.3 is 5.97 Å². The number of hydrogen-bond acceptors (Lipinski definition) is 2. The molecule has 0 fully saturated rings. The zero-order valence-electron chi connectivity index (χ0n) is 11.5. The molecule has 1 amide bonds. The first kappa shape index (κ1) is 17.3. The molecule has 0 aliphatic rings. The molecule has 0 aromatic heterocycles. The maximum Gasteiger partial charge on any atom is 0.337 e. The predicted molar refractivity (Wildman–Crippen MR) is 92.5 cm³/mol. The van der Waals surface area contributed by atoms with Crippen LogP contribution >= 0.6 is 34.8 Å². The van der Waals surface area contributed by atoms with Crippen molar-refractivity contribution in [2.45, 2.75) is 0 Å². The maximum atomic E-state index is 11.9. The van der Waals surface area contributed by atoms with Gasteiger partial charge in [0.15, 0.2) is 0 Å². The van der Waals surface area contributed by atoms with Crippen LogP contribution in [-0.2, 0) is 4.79 Å². The Balaban J connectivity index is 2.15. The molecule has 23 heavy (non-hydrogen) atoms. The summed E-state index contributed by atoms with van der Waals surface area (Å²) in [7, 11) is 0. The maximum absolute atomic E-state index is 11.9. The van der Waals surface area contributed by atoms with Crippen LogP contribution in [0, 0.1) is 0 Å². The number of carbonyl (C=O) groups excluding carboxylic acids is 1. The lowest BCUT2D eigenvalue weighted by Gasteiger charge is -2.08. The second-order valence-corrected chi connectivity index (χ2v) is 5.74. The Bertz CT molecular complexity index is 786. The van der Waals surface area contributed by atoms with Crippen LogP contribution in [0.3, 0.4) is 0 Å². The molecule has 118 valence electrons. The first-order valence-corrected chi connectivity index (χ1v) is 7.47. The molecule has 0 aliphatic heterocycles. The second kappa shape index (κ2) is 7.51. The van der Waals surface area contributed by atoms with E-state index in [9.17, 15) is 9.59 Å². The van der Waals surface area contributed by atoms with E-state index in [-0.39, 0.29) is 21.3 Å². The van der Waals surface area contributed by atoms with Crippen LogP contribution < -0.4 is 5.32 Å². The lowest BCUT2D eigenvalue weighted by molar-refractivity contribution is -0.111. The van der Waals surface area contributed by atoms with E-state index in [0.29, 0.717) is 5.02 Å². The Morgan fingerprint density at radius 3 is 2.26 bits per heavy atom. The van der Waals surface area contributed by atoms with Crippen molar-refractivity contribution in [1.82, 2.24) is 0 Å². The van der Waals surface area contributed by atoms with Gasteiger partial charge in [0, 0.05) is 11.1 Å². The van der Waals surface area contributed by atoms with E-state index in [1.807, 2.05) is 0 Å². The molecule has 0 heterocycles. The molecule has 2 N–H and O–H groups in total. The fourth-order valence-electron chi connectivity index (χ4n) is 1.73. The van der Waals surface area contributed by atoms with E-state index >= 15 is 0 Å². The summed E-state index contributed by atoms with van der Waals surface area (Å²) in [4.78, 5) is 23.0. The van der Waals surface area contributed by atoms with Gasteiger partial charge in [-0.15, -0.1) is 0 Å². The first-order valence-electron chi connectivity index (χ1n) is 6.34. The molecular formula is C16H10Cl3NO3. The number of amides is 1. The van der Waals surface area contributed by atoms with Gasteiger partial charge < -0.3 is 10.4 Å². The summed E-state index contributed by atoms with van der Waals surface area (Å²) in [6.45, 7) is 0. The van der Waals surface area contributed by atoms with Crippen molar-refractivity contribution in [3.8, 4) is 0 Å². The standard InChI is InChI=1S/C16H10Cl3NO3/c17-10-4-1-9(2-5-10)3-6-15(21)20-14-7-11(16(22)23)12(18)8-13(14)19/h1-8H,(H,20,21)(H,22,23)/b6-3+. The molecule has 2 aromatic carbocycles. The molecule has 0 saturated heterocycles. The third-order valence-corrected chi connectivity index (χ3v) is 3.72. The number of anilines is 1. The number of halogens is 3. The number of aromatic carboxylic acids is 1. The number of rotatable bonds is 4. The third kappa shape index (κ3) is 4.73. The number of benzene rings is 2. The highest BCUT2D eigenvalue weighted by atomic mass is 35.5. The van der Waals surface area contributed by atoms with E-state index in [1.165, 1.54) is 18.2 Å². The highest BCUT2D eigenvalue weighted by molar-refractivity contribution is 6.38. The van der Waals surface area contributed by atoms with E-state index in [2.05, 4.69) is 5.32 Å². The van der Waals surface area contributed by atoms with E-state index in [1.54, 1.807) is 30.3 Å². The molecule has 0 saturated carbocycles. The molecule has 2 aromatic rings. The normalized spacial score (nSPS) is 10.7. The van der Waals surface area contributed by atoms with Crippen molar-refractivity contribution in [2.75, 3.05) is 5.32 Å². The van der Waals surface area contributed by atoms with E-state index in [4.69, 9.17) is 39.9 Å². The van der Waals surface area contributed by atoms with Crippen molar-refractivity contribution in [1.29, 1.82) is 0 Å². The molecule has 0 aliphatic carbocycles. The first-order chi connectivity index (χ1) is 10.9. The molecule has 0 spiro atoms. The summed E-state index contributed by atoms with van der Waals surface area (Å²) >= 11 is 17.5. The van der Waals surface area contributed by atoms with Gasteiger partial charge in [0.25, 0.3) is 0 Å². The minimum atomic E-state index is -1.21. The number of carboxylic acid groups (broad SMARTS) is 1. The fraction of sp³-hybridized carbons (Fsp3) is 0. The lowest BCUT2D eigenvalue weighted by Crippen LogP contribution is -2.09. The molecule has 0 unspecified atom stereocenters. The molecular weight excluding hydrogens is 361 g/mol. The Morgan fingerprint density at radius 1 is 1.00 bits per heavy atom. The molecule has 0 bridgehead atoms. The summed E-state index contributed by atoms with van der Waals surface area (Å²) in [6, 6.07) is 9.39. The summed E-state index contributed by atoms with van der Waals surface area (Å²) in [6.07, 6.45) is 2.89. The van der Waals surface area contributed by atoms with Crippen LogP contribution in [0.25, 0.3) is 6.08 Å². The SMILES string of the molecule is O=C(/C=C/c1ccc(Cl)cc1)Nc1cc(C(=O)O)c(Cl)cc1Cl. The van der Waals surface area contributed by atoms with Crippen LogP contribution in [0.1, 0.15) is 15.9 Å². The van der Waals surface area contributed by atoms with Gasteiger partial charge in [-0.3, -0.25) is 4.79 Å². The van der Waals surface area contributed by atoms with Gasteiger partial charge in [-0.1, -0.05) is 46.9 Å². The largest absolute Gasteiger partial charge is 0.478 e. The summed E-state index contributed by atoms with van der Waals surface area (Å²) < 4.78 is 0. The Morgan fingerprint density at radius 2 is 1.65 bits per heavy atom. The number of hydrogen-bond donors (Lipinski definition) is 2. The summed E-state index contributed by atoms with van der Waals surface area (Å²) in [5, 5.41) is 12.3. The topological polar surface area (TPSA) is 66.4 Å². The van der Waals surface area contributed by atoms with Crippen LogP contribution in [0.4, 0.5) is 5.69 Å². The monoisotopic (exact) mass is 369 g/mol. The van der Waals surface area contributed by atoms with Gasteiger partial charge in [-0.05, 0) is 35.9 Å². The predicted octanol–water partition coefficient (Wildman–Crippen LogP) is 5.00. The molecule has 0 radical (unpaired) electrons. The smallest absolute Gasteiger partial charge is 0.337 e. The molecule has 2 rings (SSSR count). The zero-order chi connectivity index (χ0) is 17.0. The van der Waals surface area contributed by atoms with Gasteiger partial charge in [0.1, 0.15) is 0 Å². The van der Waals surface area contributed by atoms with Crippen LogP contribution in [0.5, 0.6) is 0 Å². The highest BCUT2D eigenvalue weighted by Crippen LogP contribution is 2.29. The zero-order valence-corrected chi connectivity index (χ0v) is 13.8. The third-order valence-electron chi connectivity index (χ3n) is 2.84. The average molecular weight is 371 g/mol. The van der Waals surface area contributed by atoms with E-state index < -0.39 is 11.9 Å². The molecule has 4 nitrogen and oxygen atoms in total. The highest BCUT2D eigenvalue weighted by Gasteiger charge is 2.13. The van der Waals surface area contributed by atoms with Crippen molar-refractivity contribution in [2.24, 2.45) is 0 Å². The molecule has 0 atom stereocenters. The van der Waals surface area contributed by atoms with Crippen molar-refractivity contribution >= 4 is 58.4 Å². The van der Waals surface area contributed by atoms with Crippen LogP contribution in [0.2, 0.25) is 15.1 Å². The summed E-state index contributed by atoms with van der Waals surface area (Å²) in [5.41, 5.74) is 0.810. The number of carboxylic acids is 1. The van der Waals surface area contributed by atoms with Gasteiger partial charge in [0.05, 0.1) is 21.3 Å². The minimum absolute atomic E-state index is 0.00259. The van der Waals surface area contributed by atoms with Crippen molar-refractivity contribution in [3.63, 3.8) is 0 Å². The quantitative estimate of drug-likeness (QED) is 0.745. The Labute approximate surface area is 147 Å². The summed E-state index contributed by atoms with van der Waals surface area (Å²) in [5.74, 6) is -1.67.